The van der Waals surface area contributed by atoms with E-state index in [1.807, 2.05) is 25.4 Å². The summed E-state index contributed by atoms with van der Waals surface area (Å²) in [7, 11) is 1.86. The SMILES string of the molecule is CC#CCOc1cc2nn(C)cc2cc1-c1nc(N2CCC(NC3CC3)C2)cnc1C(N)=O. The second-order valence-corrected chi connectivity index (χ2v) is 8.59. The molecule has 0 bridgehead atoms. The van der Waals surface area contributed by atoms with E-state index in [4.69, 9.17) is 15.5 Å². The Bertz CT molecular complexity index is 1270. The van der Waals surface area contributed by atoms with Gasteiger partial charge in [0.05, 0.1) is 11.7 Å². The quantitative estimate of drug-likeness (QED) is 0.534. The van der Waals surface area contributed by atoms with Crippen LogP contribution in [0.2, 0.25) is 0 Å². The number of aryl methyl sites for hydroxylation is 1. The maximum atomic E-state index is 12.3. The zero-order valence-corrected chi connectivity index (χ0v) is 18.8. The number of ether oxygens (including phenoxy) is 1. The molecule has 9 heteroatoms. The first-order chi connectivity index (χ1) is 16.0. The molecule has 3 heterocycles. The van der Waals surface area contributed by atoms with Crippen LogP contribution in [0.5, 0.6) is 5.75 Å². The minimum Gasteiger partial charge on any atom is -0.480 e. The Balaban J connectivity index is 1.56. The second-order valence-electron chi connectivity index (χ2n) is 8.59. The first-order valence-electron chi connectivity index (χ1n) is 11.2. The number of nitrogens with one attached hydrogen (secondary N) is 1. The fraction of sp³-hybridized carbons (Fsp3) is 0.417. The largest absolute Gasteiger partial charge is 0.480 e. The molecule has 5 rings (SSSR count). The van der Waals surface area contributed by atoms with Crippen molar-refractivity contribution in [3.63, 3.8) is 0 Å². The summed E-state index contributed by atoms with van der Waals surface area (Å²) >= 11 is 0. The van der Waals surface area contributed by atoms with Crippen LogP contribution in [0.4, 0.5) is 5.82 Å². The van der Waals surface area contributed by atoms with Crippen LogP contribution in [0.15, 0.2) is 24.5 Å². The molecular formula is C24H27N7O2. The molecule has 3 N–H and O–H groups in total. The van der Waals surface area contributed by atoms with Crippen molar-refractivity contribution >= 4 is 22.6 Å². The van der Waals surface area contributed by atoms with Gasteiger partial charge in [-0.25, -0.2) is 9.97 Å². The predicted molar refractivity (Wildman–Crippen MR) is 126 cm³/mol. The maximum absolute atomic E-state index is 12.3. The van der Waals surface area contributed by atoms with Gasteiger partial charge in [-0.3, -0.25) is 9.48 Å². The smallest absolute Gasteiger partial charge is 0.269 e. The molecule has 1 aliphatic carbocycles. The molecule has 1 saturated carbocycles. The third-order valence-electron chi connectivity index (χ3n) is 6.01. The summed E-state index contributed by atoms with van der Waals surface area (Å²) in [5, 5.41) is 9.05. The highest BCUT2D eigenvalue weighted by molar-refractivity contribution is 5.99. The van der Waals surface area contributed by atoms with E-state index >= 15 is 0 Å². The van der Waals surface area contributed by atoms with Gasteiger partial charge in [-0.05, 0) is 32.3 Å². The summed E-state index contributed by atoms with van der Waals surface area (Å²) in [5.41, 5.74) is 7.62. The summed E-state index contributed by atoms with van der Waals surface area (Å²) in [6.07, 6.45) is 7.11. The molecule has 2 fully saturated rings. The average molecular weight is 446 g/mol. The van der Waals surface area contributed by atoms with Gasteiger partial charge in [0.2, 0.25) is 0 Å². The molecule has 170 valence electrons. The summed E-state index contributed by atoms with van der Waals surface area (Å²) in [5.74, 6) is 6.36. The number of carbonyl (C=O) groups is 1. The lowest BCUT2D eigenvalue weighted by atomic mass is 10.1. The number of aromatic nitrogens is 4. The van der Waals surface area contributed by atoms with Crippen molar-refractivity contribution in [2.75, 3.05) is 24.6 Å². The summed E-state index contributed by atoms with van der Waals surface area (Å²) in [6.45, 7) is 3.71. The summed E-state index contributed by atoms with van der Waals surface area (Å²) < 4.78 is 7.69. The van der Waals surface area contributed by atoms with E-state index in [1.165, 1.54) is 12.8 Å². The van der Waals surface area contributed by atoms with Crippen LogP contribution < -0.4 is 20.7 Å². The molecule has 3 aromatic rings. The molecule has 2 aromatic heterocycles. The van der Waals surface area contributed by atoms with Crippen LogP contribution in [0.25, 0.3) is 22.2 Å². The number of rotatable bonds is 7. The molecule has 1 aliphatic heterocycles. The first kappa shape index (κ1) is 21.2. The predicted octanol–water partition coefficient (Wildman–Crippen LogP) is 1.86. The van der Waals surface area contributed by atoms with Crippen LogP contribution >= 0.6 is 0 Å². The number of hydrogen-bond donors (Lipinski definition) is 2. The standard InChI is InChI=1S/C24H27N7O2/c1-3-4-9-33-20-11-19-15(13-30(2)29-19)10-18(20)22-23(24(25)32)26-12-21(28-22)31-8-7-17(14-31)27-16-5-6-16/h10-13,16-17,27H,5-9,14H2,1-2H3,(H2,25,32). The summed E-state index contributed by atoms with van der Waals surface area (Å²) in [4.78, 5) is 23.8. The van der Waals surface area contributed by atoms with Gasteiger partial charge in [-0.1, -0.05) is 5.92 Å². The molecular weight excluding hydrogens is 418 g/mol. The monoisotopic (exact) mass is 445 g/mol. The minimum atomic E-state index is -0.635. The van der Waals surface area contributed by atoms with E-state index in [0.717, 1.165) is 36.2 Å². The van der Waals surface area contributed by atoms with Crippen molar-refractivity contribution in [1.82, 2.24) is 25.1 Å². The van der Waals surface area contributed by atoms with Crippen molar-refractivity contribution in [2.45, 2.75) is 38.3 Å². The van der Waals surface area contributed by atoms with Crippen molar-refractivity contribution < 1.29 is 9.53 Å². The Morgan fingerprint density at radius 3 is 2.91 bits per heavy atom. The second kappa shape index (κ2) is 8.71. The Morgan fingerprint density at radius 2 is 2.15 bits per heavy atom. The zero-order valence-electron chi connectivity index (χ0n) is 18.8. The maximum Gasteiger partial charge on any atom is 0.269 e. The van der Waals surface area contributed by atoms with Crippen molar-refractivity contribution in [1.29, 1.82) is 0 Å². The highest BCUT2D eigenvalue weighted by Crippen LogP contribution is 2.35. The van der Waals surface area contributed by atoms with Crippen molar-refractivity contribution in [2.24, 2.45) is 12.8 Å². The zero-order chi connectivity index (χ0) is 22.9. The van der Waals surface area contributed by atoms with Crippen molar-refractivity contribution in [3.8, 4) is 28.8 Å². The number of anilines is 1. The highest BCUT2D eigenvalue weighted by atomic mass is 16.5. The molecule has 33 heavy (non-hydrogen) atoms. The van der Waals surface area contributed by atoms with Crippen LogP contribution in [-0.2, 0) is 7.05 Å². The number of benzene rings is 1. The molecule has 9 nitrogen and oxygen atoms in total. The van der Waals surface area contributed by atoms with E-state index in [9.17, 15) is 4.79 Å². The Labute approximate surface area is 192 Å². The average Bonchev–Trinajstić information content (AvgIpc) is 3.35. The normalized spacial score (nSPS) is 17.8. The lowest BCUT2D eigenvalue weighted by molar-refractivity contribution is 0.0996. The van der Waals surface area contributed by atoms with Gasteiger partial charge >= 0.3 is 0 Å². The van der Waals surface area contributed by atoms with E-state index in [1.54, 1.807) is 17.8 Å². The molecule has 0 radical (unpaired) electrons. The highest BCUT2D eigenvalue weighted by Gasteiger charge is 2.30. The van der Waals surface area contributed by atoms with Crippen LogP contribution in [-0.4, -0.2) is 57.4 Å². The van der Waals surface area contributed by atoms with Gasteiger partial charge in [0, 0.05) is 55.4 Å². The number of hydrogen-bond acceptors (Lipinski definition) is 7. The molecule has 1 atom stereocenters. The number of fused-ring (bicyclic) bond motifs is 1. The van der Waals surface area contributed by atoms with E-state index in [2.05, 4.69) is 32.1 Å². The topological polar surface area (TPSA) is 111 Å². The molecule has 1 unspecified atom stereocenters. The van der Waals surface area contributed by atoms with Gasteiger partial charge in [-0.2, -0.15) is 5.10 Å². The Morgan fingerprint density at radius 1 is 1.30 bits per heavy atom. The molecule has 1 amide bonds. The third kappa shape index (κ3) is 4.47. The molecule has 2 aliphatic rings. The van der Waals surface area contributed by atoms with Gasteiger partial charge in [-0.15, -0.1) is 5.92 Å². The van der Waals surface area contributed by atoms with Crippen LogP contribution in [0.3, 0.4) is 0 Å². The fourth-order valence-electron chi connectivity index (χ4n) is 4.25. The van der Waals surface area contributed by atoms with Gasteiger partial charge in [0.25, 0.3) is 5.91 Å². The number of amides is 1. The van der Waals surface area contributed by atoms with Gasteiger partial charge < -0.3 is 20.7 Å². The van der Waals surface area contributed by atoms with Gasteiger partial charge in [0.15, 0.2) is 5.69 Å². The van der Waals surface area contributed by atoms with E-state index in [-0.39, 0.29) is 12.3 Å². The van der Waals surface area contributed by atoms with Crippen molar-refractivity contribution in [3.05, 3.63) is 30.2 Å². The Hall–Kier alpha value is -3.64. The van der Waals surface area contributed by atoms with E-state index < -0.39 is 5.91 Å². The fourth-order valence-corrected chi connectivity index (χ4v) is 4.25. The minimum absolute atomic E-state index is 0.111. The lowest BCUT2D eigenvalue weighted by Gasteiger charge is -2.20. The van der Waals surface area contributed by atoms with Crippen LogP contribution in [0.1, 0.15) is 36.7 Å². The first-order valence-corrected chi connectivity index (χ1v) is 11.2. The van der Waals surface area contributed by atoms with E-state index in [0.29, 0.717) is 29.1 Å². The number of nitrogens with zero attached hydrogens (tertiary/aromatic N) is 5. The molecule has 0 spiro atoms. The lowest BCUT2D eigenvalue weighted by Crippen LogP contribution is -2.34. The molecule has 1 saturated heterocycles. The van der Waals surface area contributed by atoms with Crippen LogP contribution in [0, 0.1) is 11.8 Å². The molecule has 1 aromatic carbocycles. The Kier molecular flexibility index (Phi) is 5.60. The third-order valence-corrected chi connectivity index (χ3v) is 6.01. The number of carbonyl (C=O) groups excluding carboxylic acids is 1. The summed E-state index contributed by atoms with van der Waals surface area (Å²) in [6, 6.07) is 4.86. The number of nitrogens with two attached hydrogens (primary N) is 1. The van der Waals surface area contributed by atoms with Gasteiger partial charge in [0.1, 0.15) is 23.9 Å². The number of primary amides is 1.